The molecule has 2 atom stereocenters. The van der Waals surface area contributed by atoms with Crippen LogP contribution >= 0.6 is 11.8 Å². The molecule has 2 unspecified atom stereocenters. The molecule has 88 valence electrons. The Balaban J connectivity index is 2.11. The molecule has 0 spiro atoms. The van der Waals surface area contributed by atoms with Gasteiger partial charge in [-0.3, -0.25) is 9.20 Å². The smallest absolute Gasteiger partial charge is 0.156 e. The zero-order valence-corrected chi connectivity index (χ0v) is 11.3. The minimum absolute atomic E-state index is 0.632. The van der Waals surface area contributed by atoms with E-state index in [1.165, 1.54) is 0 Å². The summed E-state index contributed by atoms with van der Waals surface area (Å²) in [4.78, 5) is 4.45. The molecule has 1 rings (SSSR count). The lowest BCUT2D eigenvalue weighted by atomic mass is 10.1. The van der Waals surface area contributed by atoms with Gasteiger partial charge in [0, 0.05) is 34.6 Å². The quantitative estimate of drug-likeness (QED) is 0.749. The number of aliphatic imine (C=N–C) groups is 1. The zero-order valence-electron chi connectivity index (χ0n) is 9.66. The second-order valence-electron chi connectivity index (χ2n) is 4.10. The SMILES string of the molecule is CC(C)C1CN=C(NCCCS(C)=O)S1. The fourth-order valence-corrected chi connectivity index (χ4v) is 2.90. The third-order valence-electron chi connectivity index (χ3n) is 2.31. The molecule has 1 heterocycles. The Labute approximate surface area is 99.0 Å². The molecule has 0 fully saturated rings. The fraction of sp³-hybridized carbons (Fsp3) is 0.900. The molecule has 0 saturated carbocycles. The summed E-state index contributed by atoms with van der Waals surface area (Å²) in [5.41, 5.74) is 0. The molecular formula is C10H20N2OS2. The van der Waals surface area contributed by atoms with Crippen LogP contribution in [0.3, 0.4) is 0 Å². The largest absolute Gasteiger partial charge is 0.365 e. The van der Waals surface area contributed by atoms with Crippen LogP contribution in [0.15, 0.2) is 4.99 Å². The van der Waals surface area contributed by atoms with Gasteiger partial charge in [0.15, 0.2) is 5.17 Å². The van der Waals surface area contributed by atoms with Gasteiger partial charge in [0.25, 0.3) is 0 Å². The predicted molar refractivity (Wildman–Crippen MR) is 70.1 cm³/mol. The van der Waals surface area contributed by atoms with Crippen molar-refractivity contribution in [2.45, 2.75) is 25.5 Å². The van der Waals surface area contributed by atoms with Crippen molar-refractivity contribution in [1.29, 1.82) is 0 Å². The molecule has 5 heteroatoms. The highest BCUT2D eigenvalue weighted by molar-refractivity contribution is 8.14. The molecule has 1 aliphatic rings. The number of hydrogen-bond donors (Lipinski definition) is 1. The summed E-state index contributed by atoms with van der Waals surface area (Å²) in [5.74, 6) is 1.46. The molecule has 1 N–H and O–H groups in total. The molecule has 0 aliphatic carbocycles. The summed E-state index contributed by atoms with van der Waals surface area (Å²) in [7, 11) is -0.670. The van der Waals surface area contributed by atoms with Gasteiger partial charge in [-0.2, -0.15) is 0 Å². The van der Waals surface area contributed by atoms with Crippen LogP contribution in [0.5, 0.6) is 0 Å². The monoisotopic (exact) mass is 248 g/mol. The second-order valence-corrected chi connectivity index (χ2v) is 6.89. The predicted octanol–water partition coefficient (Wildman–Crippen LogP) is 1.47. The van der Waals surface area contributed by atoms with Gasteiger partial charge in [0.05, 0.1) is 6.54 Å². The van der Waals surface area contributed by atoms with E-state index in [-0.39, 0.29) is 0 Å². The maximum Gasteiger partial charge on any atom is 0.156 e. The number of amidine groups is 1. The average molecular weight is 248 g/mol. The highest BCUT2D eigenvalue weighted by atomic mass is 32.2. The summed E-state index contributed by atoms with van der Waals surface area (Å²) in [6.45, 7) is 6.29. The van der Waals surface area contributed by atoms with Crippen molar-refractivity contribution in [3.63, 3.8) is 0 Å². The number of hydrogen-bond acceptors (Lipinski definition) is 4. The van der Waals surface area contributed by atoms with Crippen molar-refractivity contribution in [2.75, 3.05) is 25.1 Å². The number of rotatable bonds is 5. The summed E-state index contributed by atoms with van der Waals surface area (Å²) in [6.07, 6.45) is 2.70. The van der Waals surface area contributed by atoms with Crippen molar-refractivity contribution >= 4 is 27.7 Å². The van der Waals surface area contributed by atoms with Crippen LogP contribution in [0, 0.1) is 5.92 Å². The van der Waals surface area contributed by atoms with Gasteiger partial charge in [-0.1, -0.05) is 25.6 Å². The first-order valence-electron chi connectivity index (χ1n) is 5.34. The zero-order chi connectivity index (χ0) is 11.3. The molecule has 0 amide bonds. The first kappa shape index (κ1) is 13.0. The van der Waals surface area contributed by atoms with E-state index in [0.717, 1.165) is 30.4 Å². The van der Waals surface area contributed by atoms with Crippen molar-refractivity contribution in [2.24, 2.45) is 10.9 Å². The summed E-state index contributed by atoms with van der Waals surface area (Å²) in [6, 6.07) is 0. The Morgan fingerprint density at radius 1 is 1.67 bits per heavy atom. The Hall–Kier alpha value is -0.0300. The van der Waals surface area contributed by atoms with Gasteiger partial charge in [0.1, 0.15) is 0 Å². The minimum atomic E-state index is -0.670. The summed E-state index contributed by atoms with van der Waals surface area (Å²) in [5, 5.41) is 5.00. The van der Waals surface area contributed by atoms with Crippen LogP contribution < -0.4 is 5.32 Å². The van der Waals surface area contributed by atoms with Crippen molar-refractivity contribution in [3.05, 3.63) is 0 Å². The minimum Gasteiger partial charge on any atom is -0.365 e. The molecule has 0 saturated heterocycles. The van der Waals surface area contributed by atoms with Gasteiger partial charge in [-0.15, -0.1) is 0 Å². The highest BCUT2D eigenvalue weighted by Gasteiger charge is 2.21. The van der Waals surface area contributed by atoms with Crippen molar-refractivity contribution < 1.29 is 4.21 Å². The summed E-state index contributed by atoms with van der Waals surface area (Å²) >= 11 is 1.84. The highest BCUT2D eigenvalue weighted by Crippen LogP contribution is 2.25. The van der Waals surface area contributed by atoms with Gasteiger partial charge in [-0.05, 0) is 12.3 Å². The van der Waals surface area contributed by atoms with Crippen LogP contribution in [0.2, 0.25) is 0 Å². The normalized spacial score (nSPS) is 22.9. The molecule has 0 aromatic carbocycles. The van der Waals surface area contributed by atoms with E-state index in [4.69, 9.17) is 0 Å². The van der Waals surface area contributed by atoms with E-state index in [1.807, 2.05) is 11.8 Å². The molecule has 15 heavy (non-hydrogen) atoms. The maximum atomic E-state index is 10.8. The van der Waals surface area contributed by atoms with E-state index < -0.39 is 10.8 Å². The Morgan fingerprint density at radius 3 is 2.93 bits per heavy atom. The summed E-state index contributed by atoms with van der Waals surface area (Å²) < 4.78 is 10.8. The Bertz CT molecular complexity index is 254. The topological polar surface area (TPSA) is 41.5 Å². The number of nitrogens with one attached hydrogen (secondary N) is 1. The standard InChI is InChI=1S/C10H20N2OS2/c1-8(2)9-7-12-10(14-9)11-5-4-6-15(3)13/h8-9H,4-7H2,1-3H3,(H,11,12). The average Bonchev–Trinajstić information content (AvgIpc) is 2.60. The lowest BCUT2D eigenvalue weighted by Crippen LogP contribution is -2.22. The molecule has 0 aromatic rings. The van der Waals surface area contributed by atoms with E-state index in [1.54, 1.807) is 6.26 Å². The van der Waals surface area contributed by atoms with E-state index in [0.29, 0.717) is 11.2 Å². The van der Waals surface area contributed by atoms with Crippen molar-refractivity contribution in [1.82, 2.24) is 5.32 Å². The third kappa shape index (κ3) is 5.02. The van der Waals surface area contributed by atoms with Crippen LogP contribution in [0.25, 0.3) is 0 Å². The first-order valence-corrected chi connectivity index (χ1v) is 7.95. The lowest BCUT2D eigenvalue weighted by molar-refractivity contribution is 0.621. The molecular weight excluding hydrogens is 228 g/mol. The van der Waals surface area contributed by atoms with Gasteiger partial charge < -0.3 is 5.32 Å². The van der Waals surface area contributed by atoms with E-state index in [2.05, 4.69) is 24.2 Å². The first-order chi connectivity index (χ1) is 7.09. The van der Waals surface area contributed by atoms with Gasteiger partial charge in [-0.25, -0.2) is 0 Å². The van der Waals surface area contributed by atoms with Crippen molar-refractivity contribution in [3.8, 4) is 0 Å². The second kappa shape index (κ2) is 6.53. The number of thioether (sulfide) groups is 1. The maximum absolute atomic E-state index is 10.8. The molecule has 0 bridgehead atoms. The third-order valence-corrected chi connectivity index (χ3v) is 4.66. The lowest BCUT2D eigenvalue weighted by Gasteiger charge is -2.11. The Kier molecular flexibility index (Phi) is 5.68. The van der Waals surface area contributed by atoms with Crippen LogP contribution in [-0.4, -0.2) is 39.7 Å². The molecule has 1 aliphatic heterocycles. The van der Waals surface area contributed by atoms with Gasteiger partial charge >= 0.3 is 0 Å². The van der Waals surface area contributed by atoms with Gasteiger partial charge in [0.2, 0.25) is 0 Å². The number of nitrogens with zero attached hydrogens (tertiary/aromatic N) is 1. The molecule has 3 nitrogen and oxygen atoms in total. The van der Waals surface area contributed by atoms with Crippen LogP contribution in [0.4, 0.5) is 0 Å². The van der Waals surface area contributed by atoms with Crippen LogP contribution in [0.1, 0.15) is 20.3 Å². The molecule has 0 radical (unpaired) electrons. The van der Waals surface area contributed by atoms with Crippen LogP contribution in [-0.2, 0) is 10.8 Å². The van der Waals surface area contributed by atoms with E-state index in [9.17, 15) is 4.21 Å². The Morgan fingerprint density at radius 2 is 2.40 bits per heavy atom. The van der Waals surface area contributed by atoms with E-state index >= 15 is 0 Å². The molecule has 0 aromatic heterocycles. The fourth-order valence-electron chi connectivity index (χ4n) is 1.31.